The molecule has 5 nitrogen and oxygen atoms in total. The number of para-hydroxylation sites is 1. The van der Waals surface area contributed by atoms with E-state index >= 15 is 0 Å². The van der Waals surface area contributed by atoms with E-state index in [2.05, 4.69) is 19.2 Å². The standard InChI is InChI=1S/C16H24N2O3S/c1-12(2)14-8-6-7-13(3)16(14)17-15(19)11-18-9-4-5-10-22(18,20)21/h6-8,12H,4-5,9-11H2,1-3H3,(H,17,19). The van der Waals surface area contributed by atoms with Gasteiger partial charge in [-0.15, -0.1) is 0 Å². The molecule has 0 bridgehead atoms. The van der Waals surface area contributed by atoms with Gasteiger partial charge in [0.05, 0.1) is 12.3 Å². The number of carbonyl (C=O) groups excluding carboxylic acids is 1. The van der Waals surface area contributed by atoms with E-state index in [1.807, 2.05) is 25.1 Å². The van der Waals surface area contributed by atoms with Crippen LogP contribution in [0.1, 0.15) is 43.7 Å². The average molecular weight is 324 g/mol. The zero-order valence-corrected chi connectivity index (χ0v) is 14.2. The Morgan fingerprint density at radius 1 is 1.32 bits per heavy atom. The van der Waals surface area contributed by atoms with Crippen LogP contribution in [0.2, 0.25) is 0 Å². The predicted molar refractivity (Wildman–Crippen MR) is 88.5 cm³/mol. The number of hydrogen-bond acceptors (Lipinski definition) is 3. The van der Waals surface area contributed by atoms with Crippen LogP contribution in [0.25, 0.3) is 0 Å². The zero-order valence-electron chi connectivity index (χ0n) is 13.4. The summed E-state index contributed by atoms with van der Waals surface area (Å²) < 4.78 is 25.2. The van der Waals surface area contributed by atoms with Crippen LogP contribution in [0.5, 0.6) is 0 Å². The van der Waals surface area contributed by atoms with Crippen molar-refractivity contribution in [2.45, 2.75) is 39.5 Å². The van der Waals surface area contributed by atoms with Gasteiger partial charge < -0.3 is 5.32 Å². The maximum absolute atomic E-state index is 12.3. The molecule has 122 valence electrons. The van der Waals surface area contributed by atoms with Crippen LogP contribution in [-0.2, 0) is 14.8 Å². The van der Waals surface area contributed by atoms with Gasteiger partial charge in [-0.3, -0.25) is 4.79 Å². The van der Waals surface area contributed by atoms with Crippen molar-refractivity contribution in [1.82, 2.24) is 4.31 Å². The summed E-state index contributed by atoms with van der Waals surface area (Å²) in [6.07, 6.45) is 1.49. The number of anilines is 1. The number of rotatable bonds is 4. The molecule has 0 atom stereocenters. The van der Waals surface area contributed by atoms with Gasteiger partial charge in [0.15, 0.2) is 0 Å². The second-order valence-electron chi connectivity index (χ2n) is 6.10. The third-order valence-electron chi connectivity index (χ3n) is 3.96. The summed E-state index contributed by atoms with van der Waals surface area (Å²) in [5.41, 5.74) is 2.85. The number of amides is 1. The van der Waals surface area contributed by atoms with Gasteiger partial charge >= 0.3 is 0 Å². The van der Waals surface area contributed by atoms with E-state index in [1.165, 1.54) is 4.31 Å². The van der Waals surface area contributed by atoms with E-state index in [1.54, 1.807) is 0 Å². The highest BCUT2D eigenvalue weighted by molar-refractivity contribution is 7.89. The summed E-state index contributed by atoms with van der Waals surface area (Å²) in [6.45, 7) is 6.41. The molecule has 1 N–H and O–H groups in total. The molecule has 0 spiro atoms. The highest BCUT2D eigenvalue weighted by atomic mass is 32.2. The van der Waals surface area contributed by atoms with Gasteiger partial charge in [0.2, 0.25) is 15.9 Å². The van der Waals surface area contributed by atoms with E-state index in [4.69, 9.17) is 0 Å². The number of sulfonamides is 1. The van der Waals surface area contributed by atoms with Crippen molar-refractivity contribution in [3.05, 3.63) is 29.3 Å². The molecule has 0 unspecified atom stereocenters. The Hall–Kier alpha value is -1.40. The molecule has 1 aliphatic heterocycles. The average Bonchev–Trinajstić information content (AvgIpc) is 2.43. The molecule has 1 aromatic rings. The summed E-state index contributed by atoms with van der Waals surface area (Å²) in [5, 5.41) is 2.90. The molecule has 1 heterocycles. The van der Waals surface area contributed by atoms with Crippen LogP contribution in [0.3, 0.4) is 0 Å². The topological polar surface area (TPSA) is 66.5 Å². The van der Waals surface area contributed by atoms with Gasteiger partial charge in [0, 0.05) is 12.2 Å². The van der Waals surface area contributed by atoms with Crippen molar-refractivity contribution >= 4 is 21.6 Å². The predicted octanol–water partition coefficient (Wildman–Crippen LogP) is 2.48. The molecule has 1 aliphatic rings. The van der Waals surface area contributed by atoms with Crippen molar-refractivity contribution in [1.29, 1.82) is 0 Å². The fraction of sp³-hybridized carbons (Fsp3) is 0.562. The fourth-order valence-corrected chi connectivity index (χ4v) is 4.25. The quantitative estimate of drug-likeness (QED) is 0.925. The third kappa shape index (κ3) is 3.87. The summed E-state index contributed by atoms with van der Waals surface area (Å²) in [4.78, 5) is 12.3. The Labute approximate surface area is 132 Å². The van der Waals surface area contributed by atoms with Crippen molar-refractivity contribution in [3.8, 4) is 0 Å². The second-order valence-corrected chi connectivity index (χ2v) is 8.19. The van der Waals surface area contributed by atoms with Crippen LogP contribution in [0.4, 0.5) is 5.69 Å². The van der Waals surface area contributed by atoms with E-state index in [9.17, 15) is 13.2 Å². The SMILES string of the molecule is Cc1cccc(C(C)C)c1NC(=O)CN1CCCCS1(=O)=O. The van der Waals surface area contributed by atoms with Gasteiger partial charge in [0.1, 0.15) is 0 Å². The molecular weight excluding hydrogens is 300 g/mol. The molecule has 2 rings (SSSR count). The maximum atomic E-state index is 12.3. The lowest BCUT2D eigenvalue weighted by Crippen LogP contribution is -2.42. The molecule has 0 radical (unpaired) electrons. The third-order valence-corrected chi connectivity index (χ3v) is 5.87. The van der Waals surface area contributed by atoms with Crippen LogP contribution in [0, 0.1) is 6.92 Å². The molecule has 1 saturated heterocycles. The number of benzene rings is 1. The minimum absolute atomic E-state index is 0.103. The number of nitrogens with zero attached hydrogens (tertiary/aromatic N) is 1. The first-order chi connectivity index (χ1) is 10.3. The second kappa shape index (κ2) is 6.79. The van der Waals surface area contributed by atoms with E-state index in [0.29, 0.717) is 13.0 Å². The lowest BCUT2D eigenvalue weighted by atomic mass is 9.98. The highest BCUT2D eigenvalue weighted by Gasteiger charge is 2.27. The minimum atomic E-state index is -3.27. The van der Waals surface area contributed by atoms with E-state index < -0.39 is 10.0 Å². The number of aryl methyl sites for hydroxylation is 1. The van der Waals surface area contributed by atoms with Gasteiger partial charge in [-0.1, -0.05) is 32.0 Å². The van der Waals surface area contributed by atoms with E-state index in [0.717, 1.165) is 23.2 Å². The van der Waals surface area contributed by atoms with Crippen LogP contribution < -0.4 is 5.32 Å². The van der Waals surface area contributed by atoms with Crippen molar-refractivity contribution in [3.63, 3.8) is 0 Å². The summed E-state index contributed by atoms with van der Waals surface area (Å²) in [7, 11) is -3.27. The van der Waals surface area contributed by atoms with Crippen LogP contribution >= 0.6 is 0 Å². The Kier molecular flexibility index (Phi) is 5.24. The largest absolute Gasteiger partial charge is 0.324 e. The Bertz CT molecular complexity index is 653. The smallest absolute Gasteiger partial charge is 0.239 e. The van der Waals surface area contributed by atoms with Crippen molar-refractivity contribution in [2.24, 2.45) is 0 Å². The number of hydrogen-bond donors (Lipinski definition) is 1. The highest BCUT2D eigenvalue weighted by Crippen LogP contribution is 2.27. The lowest BCUT2D eigenvalue weighted by Gasteiger charge is -2.26. The van der Waals surface area contributed by atoms with Crippen LogP contribution in [0.15, 0.2) is 18.2 Å². The van der Waals surface area contributed by atoms with Gasteiger partial charge in [-0.25, -0.2) is 8.42 Å². The van der Waals surface area contributed by atoms with Gasteiger partial charge in [-0.05, 0) is 36.8 Å². The Balaban J connectivity index is 2.13. The summed E-state index contributed by atoms with van der Waals surface area (Å²) >= 11 is 0. The molecule has 0 aromatic heterocycles. The van der Waals surface area contributed by atoms with Crippen molar-refractivity contribution < 1.29 is 13.2 Å². The molecule has 1 amide bonds. The lowest BCUT2D eigenvalue weighted by molar-refractivity contribution is -0.116. The molecule has 6 heteroatoms. The molecule has 0 aliphatic carbocycles. The molecule has 1 fully saturated rings. The summed E-state index contributed by atoms with van der Waals surface area (Å²) in [6, 6.07) is 5.90. The zero-order chi connectivity index (χ0) is 16.3. The normalized spacial score (nSPS) is 18.4. The van der Waals surface area contributed by atoms with Crippen molar-refractivity contribution in [2.75, 3.05) is 24.2 Å². The first-order valence-electron chi connectivity index (χ1n) is 7.68. The van der Waals surface area contributed by atoms with Crippen LogP contribution in [-0.4, -0.2) is 37.5 Å². The first-order valence-corrected chi connectivity index (χ1v) is 9.29. The first kappa shape index (κ1) is 17.0. The summed E-state index contributed by atoms with van der Waals surface area (Å²) in [5.74, 6) is 0.151. The Morgan fingerprint density at radius 2 is 2.05 bits per heavy atom. The molecule has 22 heavy (non-hydrogen) atoms. The Morgan fingerprint density at radius 3 is 2.68 bits per heavy atom. The number of nitrogens with one attached hydrogen (secondary N) is 1. The van der Waals surface area contributed by atoms with E-state index in [-0.39, 0.29) is 24.1 Å². The minimum Gasteiger partial charge on any atom is -0.324 e. The van der Waals surface area contributed by atoms with Gasteiger partial charge in [0.25, 0.3) is 0 Å². The molecular formula is C16H24N2O3S. The fourth-order valence-electron chi connectivity index (χ4n) is 2.70. The molecule has 0 saturated carbocycles. The monoisotopic (exact) mass is 324 g/mol. The molecule has 1 aromatic carbocycles. The maximum Gasteiger partial charge on any atom is 0.239 e. The van der Waals surface area contributed by atoms with Gasteiger partial charge in [-0.2, -0.15) is 4.31 Å². The number of carbonyl (C=O) groups is 1.